The van der Waals surface area contributed by atoms with Crippen LogP contribution in [0.1, 0.15) is 85.5 Å². The second-order valence-corrected chi connectivity index (χ2v) is 15.0. The smallest absolute Gasteiger partial charge is 0.269 e. The third-order valence-corrected chi connectivity index (χ3v) is 12.6. The second-order valence-electron chi connectivity index (χ2n) is 13.2. The van der Waals surface area contributed by atoms with Gasteiger partial charge in [0.15, 0.2) is 0 Å². The maximum atomic E-state index is 12.4. The Morgan fingerprint density at radius 3 is 2.39 bits per heavy atom. The second kappa shape index (κ2) is 10.1. The third-order valence-electron chi connectivity index (χ3n) is 11.4. The summed E-state index contributed by atoms with van der Waals surface area (Å²) in [6.45, 7) is 7.91. The monoisotopic (exact) mass is 529 g/mol. The van der Waals surface area contributed by atoms with E-state index in [0.29, 0.717) is 18.8 Å². The van der Waals surface area contributed by atoms with Crippen molar-refractivity contribution >= 4 is 16.0 Å². The van der Waals surface area contributed by atoms with E-state index in [-0.39, 0.29) is 65.4 Å². The van der Waals surface area contributed by atoms with Crippen LogP contribution in [-0.2, 0) is 14.9 Å². The maximum absolute atomic E-state index is 12.4. The zero-order valence-electron chi connectivity index (χ0n) is 22.3. The van der Waals surface area contributed by atoms with Crippen LogP contribution in [0.5, 0.6) is 0 Å². The molecule has 36 heavy (non-hydrogen) atoms. The van der Waals surface area contributed by atoms with Crippen molar-refractivity contribution in [3.63, 3.8) is 0 Å². The van der Waals surface area contributed by atoms with Crippen molar-refractivity contribution in [3.05, 3.63) is 0 Å². The van der Waals surface area contributed by atoms with Crippen LogP contribution < -0.4 is 5.32 Å². The minimum absolute atomic E-state index is 0.0480. The molecule has 5 N–H and O–H groups in total. The van der Waals surface area contributed by atoms with Crippen LogP contribution in [0, 0.1) is 46.3 Å². The lowest BCUT2D eigenvalue weighted by atomic mass is 9.43. The van der Waals surface area contributed by atoms with Crippen LogP contribution >= 0.6 is 0 Å². The molecule has 0 aromatic carbocycles. The van der Waals surface area contributed by atoms with Crippen molar-refractivity contribution in [2.45, 2.75) is 109 Å². The summed E-state index contributed by atoms with van der Waals surface area (Å²) >= 11 is 0. The fraction of sp³-hybridized carbons (Fsp3) is 0.963. The van der Waals surface area contributed by atoms with Gasteiger partial charge in [-0.05, 0) is 105 Å². The number of rotatable bonds is 7. The molecular formula is C27H47NO7S. The Kier molecular flexibility index (Phi) is 7.93. The van der Waals surface area contributed by atoms with Crippen LogP contribution in [0.2, 0.25) is 0 Å². The highest BCUT2D eigenvalue weighted by Crippen LogP contribution is 2.68. The summed E-state index contributed by atoms with van der Waals surface area (Å²) in [7, 11) is -4.17. The van der Waals surface area contributed by atoms with Gasteiger partial charge in [0.1, 0.15) is 5.25 Å². The lowest BCUT2D eigenvalue weighted by Gasteiger charge is -2.63. The lowest BCUT2D eigenvalue weighted by molar-refractivity contribution is -0.207. The van der Waals surface area contributed by atoms with E-state index in [9.17, 15) is 28.5 Å². The van der Waals surface area contributed by atoms with Crippen LogP contribution in [0.4, 0.5) is 0 Å². The number of hydrogen-bond acceptors (Lipinski definition) is 6. The molecule has 4 saturated carbocycles. The molecule has 0 heterocycles. The molecule has 4 aliphatic rings. The predicted molar refractivity (Wildman–Crippen MR) is 136 cm³/mol. The number of hydrogen-bond donors (Lipinski definition) is 5. The van der Waals surface area contributed by atoms with Gasteiger partial charge in [-0.2, -0.15) is 8.42 Å². The normalized spacial score (nSPS) is 46.2. The molecule has 0 saturated heterocycles. The summed E-state index contributed by atoms with van der Waals surface area (Å²) in [5.74, 6) is 1.17. The Balaban J connectivity index is 1.43. The summed E-state index contributed by atoms with van der Waals surface area (Å²) < 4.78 is 31.4. The number of carbonyl (C=O) groups is 1. The van der Waals surface area contributed by atoms with E-state index in [1.807, 2.05) is 0 Å². The van der Waals surface area contributed by atoms with Gasteiger partial charge in [0.05, 0.1) is 18.3 Å². The highest BCUT2D eigenvalue weighted by Gasteiger charge is 2.65. The Hall–Kier alpha value is -0.740. The van der Waals surface area contributed by atoms with E-state index < -0.39 is 27.6 Å². The van der Waals surface area contributed by atoms with E-state index in [2.05, 4.69) is 26.1 Å². The number of nitrogens with one attached hydrogen (secondary N) is 1. The van der Waals surface area contributed by atoms with Gasteiger partial charge in [0.2, 0.25) is 5.91 Å². The molecule has 0 aromatic rings. The molecule has 208 valence electrons. The molecule has 4 fully saturated rings. The van der Waals surface area contributed by atoms with Gasteiger partial charge < -0.3 is 20.6 Å². The zero-order chi connectivity index (χ0) is 26.6. The number of carbonyl (C=O) groups excluding carboxylic acids is 1. The van der Waals surface area contributed by atoms with Gasteiger partial charge in [-0.25, -0.2) is 0 Å². The summed E-state index contributed by atoms with van der Waals surface area (Å²) in [4.78, 5) is 12.4. The first-order valence-electron chi connectivity index (χ1n) is 14.0. The first-order valence-corrected chi connectivity index (χ1v) is 15.5. The number of aliphatic hydroxyl groups is 3. The van der Waals surface area contributed by atoms with Crippen molar-refractivity contribution in [2.24, 2.45) is 46.3 Å². The van der Waals surface area contributed by atoms with Crippen LogP contribution in [0.3, 0.4) is 0 Å². The van der Waals surface area contributed by atoms with E-state index in [1.165, 1.54) is 6.92 Å². The van der Waals surface area contributed by atoms with E-state index in [4.69, 9.17) is 4.55 Å². The minimum atomic E-state index is -4.17. The molecule has 0 spiro atoms. The molecule has 0 bridgehead atoms. The van der Waals surface area contributed by atoms with Gasteiger partial charge in [0, 0.05) is 13.0 Å². The summed E-state index contributed by atoms with van der Waals surface area (Å²) in [6.07, 6.45) is 5.63. The third kappa shape index (κ3) is 4.88. The predicted octanol–water partition coefficient (Wildman–Crippen LogP) is 2.76. The van der Waals surface area contributed by atoms with E-state index >= 15 is 0 Å². The maximum Gasteiger partial charge on any atom is 0.269 e. The highest BCUT2D eigenvalue weighted by molar-refractivity contribution is 7.86. The number of aliphatic hydroxyl groups excluding tert-OH is 3. The van der Waals surface area contributed by atoms with E-state index in [1.54, 1.807) is 0 Å². The Morgan fingerprint density at radius 1 is 1.03 bits per heavy atom. The van der Waals surface area contributed by atoms with Gasteiger partial charge in [-0.3, -0.25) is 9.35 Å². The average Bonchev–Trinajstić information content (AvgIpc) is 3.15. The molecule has 12 atom stereocenters. The molecule has 8 nitrogen and oxygen atoms in total. The van der Waals surface area contributed by atoms with E-state index in [0.717, 1.165) is 38.5 Å². The Labute approximate surface area is 216 Å². The van der Waals surface area contributed by atoms with Crippen LogP contribution in [-0.4, -0.2) is 64.3 Å². The van der Waals surface area contributed by atoms with Gasteiger partial charge >= 0.3 is 0 Å². The number of fused-ring (bicyclic) bond motifs is 5. The van der Waals surface area contributed by atoms with Crippen molar-refractivity contribution < 1.29 is 33.1 Å². The fourth-order valence-electron chi connectivity index (χ4n) is 9.14. The molecule has 4 rings (SSSR count). The Morgan fingerprint density at radius 2 is 1.72 bits per heavy atom. The van der Waals surface area contributed by atoms with Crippen molar-refractivity contribution in [2.75, 3.05) is 6.54 Å². The summed E-state index contributed by atoms with van der Waals surface area (Å²) in [5.41, 5.74) is -0.263. The Bertz CT molecular complexity index is 927. The summed E-state index contributed by atoms with van der Waals surface area (Å²) in [5, 5.41) is 34.9. The van der Waals surface area contributed by atoms with Crippen LogP contribution in [0.15, 0.2) is 0 Å². The molecule has 1 amide bonds. The van der Waals surface area contributed by atoms with Gasteiger partial charge in [-0.15, -0.1) is 0 Å². The molecule has 9 heteroatoms. The first kappa shape index (κ1) is 28.3. The molecule has 0 radical (unpaired) electrons. The summed E-state index contributed by atoms with van der Waals surface area (Å²) in [6, 6.07) is 0. The van der Waals surface area contributed by atoms with Gasteiger partial charge in [-0.1, -0.05) is 20.8 Å². The number of amides is 1. The quantitative estimate of drug-likeness (QED) is 0.319. The van der Waals surface area contributed by atoms with Gasteiger partial charge in [0.25, 0.3) is 10.1 Å². The SMILES string of the molecule is C[C@H](CCC(=O)NC[C@@H](C)S(=O)(=O)O)[C@H]1CC[C@H]2[C@@H]3[C@H](O)C[C@@H]4C[C@H](O)CC[C@]4(C)[C@H]3C[C@H](O)[C@]12C. The zero-order valence-corrected chi connectivity index (χ0v) is 23.1. The molecule has 4 aliphatic carbocycles. The minimum Gasteiger partial charge on any atom is -0.393 e. The van der Waals surface area contributed by atoms with Crippen LogP contribution in [0.25, 0.3) is 0 Å². The fourth-order valence-corrected chi connectivity index (χ4v) is 9.44. The topological polar surface area (TPSA) is 144 Å². The molecular weight excluding hydrogens is 482 g/mol. The largest absolute Gasteiger partial charge is 0.393 e. The standard InChI is InChI=1S/C27H47NO7S/c1-15(5-8-24(32)28-14-16(2)36(33,34)35)19-6-7-20-25-21(13-23(31)27(19,20)4)26(3)10-9-18(29)11-17(26)12-22(25)30/h15-23,25,29-31H,5-14H2,1-4H3,(H,28,32)(H,33,34,35)/t15-,16-,17+,18-,19-,20+,21+,22-,23+,25+,26+,27-/m1/s1. The van der Waals surface area contributed by atoms with Crippen molar-refractivity contribution in [3.8, 4) is 0 Å². The first-order chi connectivity index (χ1) is 16.7. The molecule has 0 aromatic heterocycles. The van der Waals surface area contributed by atoms with Crippen molar-refractivity contribution in [1.82, 2.24) is 5.32 Å². The highest BCUT2D eigenvalue weighted by atomic mass is 32.2. The average molecular weight is 530 g/mol. The van der Waals surface area contributed by atoms with Crippen molar-refractivity contribution in [1.29, 1.82) is 0 Å². The lowest BCUT2D eigenvalue weighted by Crippen LogP contribution is -2.62. The molecule has 0 aliphatic heterocycles. The molecule has 0 unspecified atom stereocenters.